The molecular weight excluding hydrogens is 408 g/mol. The predicted molar refractivity (Wildman–Crippen MR) is 94.8 cm³/mol. The van der Waals surface area contributed by atoms with E-state index >= 15 is 0 Å². The average molecular weight is 423 g/mol. The Morgan fingerprint density at radius 2 is 1.35 bits per heavy atom. The van der Waals surface area contributed by atoms with Crippen LogP contribution in [0, 0.1) is 0 Å². The third-order valence-corrected chi connectivity index (χ3v) is 4.04. The van der Waals surface area contributed by atoms with Gasteiger partial charge in [0.05, 0.1) is 38.0 Å². The first kappa shape index (κ1) is 19.5. The number of esters is 3. The van der Waals surface area contributed by atoms with Gasteiger partial charge < -0.3 is 18.9 Å². The molecule has 0 aliphatic carbocycles. The van der Waals surface area contributed by atoms with Gasteiger partial charge in [-0.1, -0.05) is 0 Å². The van der Waals surface area contributed by atoms with E-state index in [1.165, 1.54) is 45.6 Å². The Kier molecular flexibility index (Phi) is 6.35. The van der Waals surface area contributed by atoms with E-state index in [2.05, 4.69) is 25.4 Å². The largest absolute Gasteiger partial charge is 0.497 e. The van der Waals surface area contributed by atoms with Gasteiger partial charge in [0.1, 0.15) is 11.5 Å². The molecule has 0 saturated carbocycles. The van der Waals surface area contributed by atoms with Crippen molar-refractivity contribution in [2.75, 3.05) is 21.3 Å². The van der Waals surface area contributed by atoms with Gasteiger partial charge in [-0.25, -0.2) is 14.4 Å². The van der Waals surface area contributed by atoms with E-state index in [0.717, 1.165) is 0 Å². The zero-order valence-electron chi connectivity index (χ0n) is 14.2. The molecule has 0 bridgehead atoms. The standard InChI is InChI=1S/C18H15BrO7/c1-23-12-4-5-15(19)14(9-12)18(22)26-13-7-10(16(20)24-2)6-11(8-13)17(21)25-3/h4-9H,1-3H3. The summed E-state index contributed by atoms with van der Waals surface area (Å²) in [6, 6.07) is 8.69. The van der Waals surface area contributed by atoms with Gasteiger partial charge in [0.2, 0.25) is 0 Å². The molecule has 0 amide bonds. The van der Waals surface area contributed by atoms with Crippen molar-refractivity contribution in [2.45, 2.75) is 0 Å². The summed E-state index contributed by atoms with van der Waals surface area (Å²) in [7, 11) is 3.87. The van der Waals surface area contributed by atoms with E-state index in [9.17, 15) is 14.4 Å². The van der Waals surface area contributed by atoms with Crippen LogP contribution >= 0.6 is 15.9 Å². The van der Waals surface area contributed by atoms with Crippen molar-refractivity contribution in [3.8, 4) is 11.5 Å². The van der Waals surface area contributed by atoms with Gasteiger partial charge in [-0.2, -0.15) is 0 Å². The van der Waals surface area contributed by atoms with Crippen LogP contribution in [0.1, 0.15) is 31.1 Å². The number of hydrogen-bond acceptors (Lipinski definition) is 7. The van der Waals surface area contributed by atoms with Crippen LogP contribution in [0.25, 0.3) is 0 Å². The number of carbonyl (C=O) groups is 3. The van der Waals surface area contributed by atoms with E-state index in [4.69, 9.17) is 9.47 Å². The van der Waals surface area contributed by atoms with Crippen LogP contribution < -0.4 is 9.47 Å². The second kappa shape index (κ2) is 8.48. The van der Waals surface area contributed by atoms with Crippen molar-refractivity contribution in [2.24, 2.45) is 0 Å². The van der Waals surface area contributed by atoms with Crippen molar-refractivity contribution in [1.29, 1.82) is 0 Å². The Morgan fingerprint density at radius 1 is 0.769 bits per heavy atom. The van der Waals surface area contributed by atoms with E-state index < -0.39 is 17.9 Å². The third kappa shape index (κ3) is 4.40. The van der Waals surface area contributed by atoms with E-state index in [0.29, 0.717) is 10.2 Å². The minimum absolute atomic E-state index is 0.00646. The highest BCUT2D eigenvalue weighted by molar-refractivity contribution is 9.10. The maximum Gasteiger partial charge on any atom is 0.344 e. The van der Waals surface area contributed by atoms with Crippen molar-refractivity contribution < 1.29 is 33.3 Å². The second-order valence-electron chi connectivity index (χ2n) is 4.96. The van der Waals surface area contributed by atoms with Crippen LogP contribution in [0.15, 0.2) is 40.9 Å². The van der Waals surface area contributed by atoms with Crippen LogP contribution in [0.2, 0.25) is 0 Å². The Hall–Kier alpha value is -2.87. The highest BCUT2D eigenvalue weighted by atomic mass is 79.9. The van der Waals surface area contributed by atoms with Gasteiger partial charge >= 0.3 is 17.9 Å². The molecule has 0 fully saturated rings. The lowest BCUT2D eigenvalue weighted by molar-refractivity contribution is 0.0593. The number of methoxy groups -OCH3 is 3. The van der Waals surface area contributed by atoms with Crippen molar-refractivity contribution in [1.82, 2.24) is 0 Å². The van der Waals surface area contributed by atoms with Gasteiger partial charge in [-0.15, -0.1) is 0 Å². The number of hydrogen-bond donors (Lipinski definition) is 0. The van der Waals surface area contributed by atoms with Crippen LogP contribution in [-0.4, -0.2) is 39.2 Å². The zero-order chi connectivity index (χ0) is 19.3. The molecule has 0 unspecified atom stereocenters. The number of halogens is 1. The fraction of sp³-hybridized carbons (Fsp3) is 0.167. The highest BCUT2D eigenvalue weighted by Crippen LogP contribution is 2.25. The van der Waals surface area contributed by atoms with Crippen molar-refractivity contribution in [3.63, 3.8) is 0 Å². The molecular formula is C18H15BrO7. The van der Waals surface area contributed by atoms with E-state index in [1.54, 1.807) is 12.1 Å². The predicted octanol–water partition coefficient (Wildman–Crippen LogP) is 3.25. The molecule has 2 rings (SSSR count). The molecule has 0 atom stereocenters. The number of rotatable bonds is 5. The Balaban J connectivity index is 2.40. The van der Waals surface area contributed by atoms with Gasteiger partial charge in [0, 0.05) is 4.47 Å². The Labute approximate surface area is 157 Å². The van der Waals surface area contributed by atoms with E-state index in [1.807, 2.05) is 0 Å². The molecule has 2 aromatic rings. The summed E-state index contributed by atoms with van der Waals surface area (Å²) in [6.07, 6.45) is 0. The summed E-state index contributed by atoms with van der Waals surface area (Å²) in [5.74, 6) is -1.61. The smallest absolute Gasteiger partial charge is 0.344 e. The first-order valence-corrected chi connectivity index (χ1v) is 8.06. The fourth-order valence-corrected chi connectivity index (χ4v) is 2.49. The molecule has 0 aromatic heterocycles. The molecule has 0 spiro atoms. The van der Waals surface area contributed by atoms with Crippen molar-refractivity contribution >= 4 is 33.8 Å². The summed E-state index contributed by atoms with van der Waals surface area (Å²) in [5, 5.41) is 0. The maximum absolute atomic E-state index is 12.5. The molecule has 0 aliphatic rings. The first-order chi connectivity index (χ1) is 12.4. The molecule has 0 radical (unpaired) electrons. The van der Waals surface area contributed by atoms with Crippen molar-refractivity contribution in [3.05, 3.63) is 57.6 Å². The first-order valence-electron chi connectivity index (χ1n) is 7.27. The minimum atomic E-state index is -0.700. The number of carbonyl (C=O) groups excluding carboxylic acids is 3. The molecule has 136 valence electrons. The van der Waals surface area contributed by atoms with Gasteiger partial charge in [0.25, 0.3) is 0 Å². The van der Waals surface area contributed by atoms with Crippen LogP contribution in [0.4, 0.5) is 0 Å². The fourth-order valence-electron chi connectivity index (χ4n) is 2.08. The lowest BCUT2D eigenvalue weighted by atomic mass is 10.1. The number of ether oxygens (including phenoxy) is 4. The second-order valence-corrected chi connectivity index (χ2v) is 5.82. The van der Waals surface area contributed by atoms with Gasteiger partial charge in [0.15, 0.2) is 0 Å². The summed E-state index contributed by atoms with van der Waals surface area (Å²) in [4.78, 5) is 36.0. The SMILES string of the molecule is COC(=O)c1cc(OC(=O)c2cc(OC)ccc2Br)cc(C(=O)OC)c1. The molecule has 2 aromatic carbocycles. The maximum atomic E-state index is 12.5. The molecule has 26 heavy (non-hydrogen) atoms. The average Bonchev–Trinajstić information content (AvgIpc) is 2.66. The van der Waals surface area contributed by atoms with Crippen LogP contribution in [0.3, 0.4) is 0 Å². The summed E-state index contributed by atoms with van der Waals surface area (Å²) < 4.78 is 20.2. The quantitative estimate of drug-likeness (QED) is 0.539. The third-order valence-electron chi connectivity index (χ3n) is 3.35. The van der Waals surface area contributed by atoms with Gasteiger partial charge in [-0.3, -0.25) is 0 Å². The molecule has 7 nitrogen and oxygen atoms in total. The molecule has 8 heteroatoms. The minimum Gasteiger partial charge on any atom is -0.497 e. The molecule has 0 saturated heterocycles. The van der Waals surface area contributed by atoms with E-state index in [-0.39, 0.29) is 22.4 Å². The highest BCUT2D eigenvalue weighted by Gasteiger charge is 2.18. The normalized spacial score (nSPS) is 10.0. The summed E-state index contributed by atoms with van der Waals surface area (Å²) in [5.41, 5.74) is 0.304. The molecule has 0 aliphatic heterocycles. The molecule has 0 N–H and O–H groups in total. The zero-order valence-corrected chi connectivity index (χ0v) is 15.8. The van der Waals surface area contributed by atoms with Gasteiger partial charge in [-0.05, 0) is 52.3 Å². The monoisotopic (exact) mass is 422 g/mol. The lowest BCUT2D eigenvalue weighted by Gasteiger charge is -2.10. The topological polar surface area (TPSA) is 88.1 Å². The summed E-state index contributed by atoms with van der Waals surface area (Å²) >= 11 is 3.27. The lowest BCUT2D eigenvalue weighted by Crippen LogP contribution is -2.12. The number of benzene rings is 2. The Morgan fingerprint density at radius 3 is 1.85 bits per heavy atom. The Bertz CT molecular complexity index is 826. The molecule has 0 heterocycles. The summed E-state index contributed by atoms with van der Waals surface area (Å²) in [6.45, 7) is 0. The van der Waals surface area contributed by atoms with Crippen LogP contribution in [-0.2, 0) is 9.47 Å². The van der Waals surface area contributed by atoms with Crippen LogP contribution in [0.5, 0.6) is 11.5 Å².